The number of thioether (sulfide) groups is 1. The molecule has 0 heterocycles. The molecule has 0 saturated carbocycles. The first kappa shape index (κ1) is 20.7. The van der Waals surface area contributed by atoms with Crippen LogP contribution in [-0.2, 0) is 9.53 Å². The predicted octanol–water partition coefficient (Wildman–Crippen LogP) is 5.93. The van der Waals surface area contributed by atoms with Crippen LogP contribution in [0.5, 0.6) is 0 Å². The van der Waals surface area contributed by atoms with E-state index in [1.807, 2.05) is 12.1 Å². The van der Waals surface area contributed by atoms with Gasteiger partial charge in [0.1, 0.15) is 0 Å². The number of unbranched alkanes of at least 4 members (excludes halogenated alkanes) is 1. The van der Waals surface area contributed by atoms with Gasteiger partial charge in [-0.15, -0.1) is 11.8 Å². The van der Waals surface area contributed by atoms with Crippen LogP contribution in [0.3, 0.4) is 0 Å². The third-order valence-corrected chi connectivity index (χ3v) is 6.05. The molecule has 130 valence electrons. The van der Waals surface area contributed by atoms with E-state index in [0.717, 1.165) is 22.2 Å². The number of carbonyl (C=O) groups excluding carboxylic acids is 1. The summed E-state index contributed by atoms with van der Waals surface area (Å²) in [5.41, 5.74) is 6.51. The van der Waals surface area contributed by atoms with Gasteiger partial charge in [-0.05, 0) is 40.4 Å². The van der Waals surface area contributed by atoms with E-state index in [1.165, 1.54) is 24.6 Å². The number of nitrogens with two attached hydrogens (primary N) is 1. The highest BCUT2D eigenvalue weighted by Gasteiger charge is 2.12. The Bertz CT molecular complexity index is 514. The summed E-state index contributed by atoms with van der Waals surface area (Å²) in [6.07, 6.45) is 4.93. The second-order valence-electron chi connectivity index (χ2n) is 5.47. The minimum atomic E-state index is -0.144. The summed E-state index contributed by atoms with van der Waals surface area (Å²) in [6.45, 7) is 4.85. The number of benzene rings is 1. The van der Waals surface area contributed by atoms with Crippen molar-refractivity contribution >= 4 is 50.9 Å². The van der Waals surface area contributed by atoms with Crippen LogP contribution >= 0.6 is 39.3 Å². The van der Waals surface area contributed by atoms with E-state index in [-0.39, 0.29) is 5.97 Å². The quantitative estimate of drug-likeness (QED) is 0.288. The molecular weight excluding hydrogens is 398 g/mol. The predicted molar refractivity (Wildman–Crippen MR) is 103 cm³/mol. The molecule has 0 aliphatic carbocycles. The molecule has 0 spiro atoms. The van der Waals surface area contributed by atoms with Crippen molar-refractivity contribution in [2.45, 2.75) is 50.8 Å². The molecule has 0 radical (unpaired) electrons. The second-order valence-corrected chi connectivity index (χ2v) is 7.84. The summed E-state index contributed by atoms with van der Waals surface area (Å²) < 4.78 is 6.16. The average Bonchev–Trinajstić information content (AvgIpc) is 2.55. The Morgan fingerprint density at radius 1 is 1.43 bits per heavy atom. The van der Waals surface area contributed by atoms with Crippen molar-refractivity contribution in [2.75, 3.05) is 18.1 Å². The van der Waals surface area contributed by atoms with Crippen molar-refractivity contribution in [1.29, 1.82) is 0 Å². The van der Waals surface area contributed by atoms with Gasteiger partial charge in [0.25, 0.3) is 0 Å². The Balaban J connectivity index is 2.33. The first-order valence-corrected chi connectivity index (χ1v) is 10.2. The number of halogens is 2. The summed E-state index contributed by atoms with van der Waals surface area (Å²) in [5, 5.41) is 0.513. The number of rotatable bonds is 10. The number of hydrogen-bond acceptors (Lipinski definition) is 4. The molecule has 0 bridgehead atoms. The lowest BCUT2D eigenvalue weighted by molar-refractivity contribution is -0.144. The summed E-state index contributed by atoms with van der Waals surface area (Å²) in [5.74, 6) is 0.967. The van der Waals surface area contributed by atoms with Crippen LogP contribution in [0.2, 0.25) is 5.02 Å². The fourth-order valence-corrected chi connectivity index (χ4v) is 3.58. The lowest BCUT2D eigenvalue weighted by Crippen LogP contribution is -2.14. The number of carbonyl (C=O) groups is 1. The van der Waals surface area contributed by atoms with Crippen molar-refractivity contribution in [2.24, 2.45) is 5.92 Å². The van der Waals surface area contributed by atoms with Crippen LogP contribution in [0.4, 0.5) is 5.69 Å². The van der Waals surface area contributed by atoms with E-state index in [1.54, 1.807) is 0 Å². The molecule has 23 heavy (non-hydrogen) atoms. The van der Waals surface area contributed by atoms with Crippen LogP contribution in [0.1, 0.15) is 46.0 Å². The average molecular weight is 423 g/mol. The summed E-state index contributed by atoms with van der Waals surface area (Å²) in [6, 6.07) is 3.76. The molecule has 0 saturated heterocycles. The van der Waals surface area contributed by atoms with E-state index in [2.05, 4.69) is 29.8 Å². The van der Waals surface area contributed by atoms with Gasteiger partial charge < -0.3 is 10.5 Å². The molecule has 1 unspecified atom stereocenters. The molecule has 1 atom stereocenters. The smallest absolute Gasteiger partial charge is 0.306 e. The first-order valence-electron chi connectivity index (χ1n) is 8.01. The maximum absolute atomic E-state index is 11.8. The molecule has 3 nitrogen and oxygen atoms in total. The monoisotopic (exact) mass is 421 g/mol. The fourth-order valence-electron chi connectivity index (χ4n) is 2.10. The van der Waals surface area contributed by atoms with Crippen molar-refractivity contribution in [3.8, 4) is 0 Å². The standard InChI is InChI=1S/C17H25BrClNO2S/c1-3-5-6-12(4-2)11-22-15(21)9-10-23-14-8-7-13(18)16(19)17(14)20/h7-8,12H,3-6,9-11,20H2,1-2H3. The number of nitrogen functional groups attached to an aromatic ring is 1. The first-order chi connectivity index (χ1) is 11.0. The van der Waals surface area contributed by atoms with Crippen LogP contribution in [0.15, 0.2) is 21.5 Å². The zero-order valence-electron chi connectivity index (χ0n) is 13.7. The highest BCUT2D eigenvalue weighted by molar-refractivity contribution is 9.10. The fraction of sp³-hybridized carbons (Fsp3) is 0.588. The maximum Gasteiger partial charge on any atom is 0.306 e. The highest BCUT2D eigenvalue weighted by atomic mass is 79.9. The zero-order chi connectivity index (χ0) is 17.2. The summed E-state index contributed by atoms with van der Waals surface area (Å²) in [4.78, 5) is 12.7. The Morgan fingerprint density at radius 2 is 2.17 bits per heavy atom. The zero-order valence-corrected chi connectivity index (χ0v) is 16.9. The molecule has 0 aromatic heterocycles. The molecule has 1 aromatic rings. The van der Waals surface area contributed by atoms with Crippen LogP contribution in [0, 0.1) is 5.92 Å². The Morgan fingerprint density at radius 3 is 2.83 bits per heavy atom. The topological polar surface area (TPSA) is 52.3 Å². The number of ether oxygens (including phenoxy) is 1. The van der Waals surface area contributed by atoms with E-state index in [4.69, 9.17) is 22.1 Å². The molecule has 0 amide bonds. The van der Waals surface area contributed by atoms with Crippen LogP contribution in [0.25, 0.3) is 0 Å². The van der Waals surface area contributed by atoms with Crippen molar-refractivity contribution < 1.29 is 9.53 Å². The van der Waals surface area contributed by atoms with E-state index in [9.17, 15) is 4.79 Å². The van der Waals surface area contributed by atoms with Crippen molar-refractivity contribution in [1.82, 2.24) is 0 Å². The second kappa shape index (κ2) is 11.2. The van der Waals surface area contributed by atoms with E-state index < -0.39 is 0 Å². The van der Waals surface area contributed by atoms with Crippen LogP contribution in [-0.4, -0.2) is 18.3 Å². The lowest BCUT2D eigenvalue weighted by Gasteiger charge is -2.14. The molecule has 0 fully saturated rings. The van der Waals surface area contributed by atoms with Gasteiger partial charge in [0.05, 0.1) is 23.7 Å². The lowest BCUT2D eigenvalue weighted by atomic mass is 10.0. The highest BCUT2D eigenvalue weighted by Crippen LogP contribution is 2.36. The van der Waals surface area contributed by atoms with Gasteiger partial charge in [-0.3, -0.25) is 4.79 Å². The van der Waals surface area contributed by atoms with Gasteiger partial charge in [0.2, 0.25) is 0 Å². The van der Waals surface area contributed by atoms with Gasteiger partial charge in [0, 0.05) is 15.1 Å². The molecule has 0 aliphatic heterocycles. The minimum absolute atomic E-state index is 0.144. The molecular formula is C17H25BrClNO2S. The number of anilines is 1. The minimum Gasteiger partial charge on any atom is -0.465 e. The normalized spacial score (nSPS) is 12.2. The Kier molecular flexibility index (Phi) is 10.1. The van der Waals surface area contributed by atoms with E-state index in [0.29, 0.717) is 35.4 Å². The number of esters is 1. The van der Waals surface area contributed by atoms with Crippen molar-refractivity contribution in [3.63, 3.8) is 0 Å². The summed E-state index contributed by atoms with van der Waals surface area (Å²) in [7, 11) is 0. The molecule has 6 heteroatoms. The van der Waals surface area contributed by atoms with Crippen LogP contribution < -0.4 is 5.73 Å². The third-order valence-electron chi connectivity index (χ3n) is 3.68. The van der Waals surface area contributed by atoms with E-state index >= 15 is 0 Å². The SMILES string of the molecule is CCCCC(CC)COC(=O)CCSc1ccc(Br)c(Cl)c1N. The molecule has 2 N–H and O–H groups in total. The largest absolute Gasteiger partial charge is 0.465 e. The van der Waals surface area contributed by atoms with Gasteiger partial charge >= 0.3 is 5.97 Å². The molecule has 1 aromatic carbocycles. The number of hydrogen-bond donors (Lipinski definition) is 1. The molecule has 1 rings (SSSR count). The summed E-state index contributed by atoms with van der Waals surface area (Å²) >= 11 is 10.9. The van der Waals surface area contributed by atoms with Gasteiger partial charge in [0.15, 0.2) is 0 Å². The Hall–Kier alpha value is -0.390. The van der Waals surface area contributed by atoms with Crippen molar-refractivity contribution in [3.05, 3.63) is 21.6 Å². The van der Waals surface area contributed by atoms with Gasteiger partial charge in [-0.1, -0.05) is 44.7 Å². The van der Waals surface area contributed by atoms with Gasteiger partial charge in [-0.2, -0.15) is 0 Å². The Labute approximate surface area is 156 Å². The molecule has 0 aliphatic rings. The van der Waals surface area contributed by atoms with Gasteiger partial charge in [-0.25, -0.2) is 0 Å². The third kappa shape index (κ3) is 7.36. The maximum atomic E-state index is 11.8.